The molecule has 0 aromatic heterocycles. The van der Waals surface area contributed by atoms with E-state index in [-0.39, 0.29) is 4.91 Å². The number of aliphatic imine (C=N–C) groups is 1. The summed E-state index contributed by atoms with van der Waals surface area (Å²) in [6, 6.07) is 6.75. The smallest absolute Gasteiger partial charge is 0.264 e. The number of sulfonamides is 1. The van der Waals surface area contributed by atoms with Crippen LogP contribution in [0.4, 0.5) is 0 Å². The third-order valence-electron chi connectivity index (χ3n) is 2.85. The highest BCUT2D eigenvalue weighted by molar-refractivity contribution is 8.00. The minimum atomic E-state index is -3.59. The van der Waals surface area contributed by atoms with Crippen LogP contribution >= 0.6 is 11.6 Å². The van der Waals surface area contributed by atoms with Crippen molar-refractivity contribution in [3.8, 4) is 0 Å². The van der Waals surface area contributed by atoms with E-state index in [2.05, 4.69) is 9.71 Å². The van der Waals surface area contributed by atoms with Gasteiger partial charge in [-0.2, -0.15) is 0 Å². The normalized spacial score (nSPS) is 19.4. The molecule has 1 aromatic rings. The molecule has 0 spiro atoms. The minimum absolute atomic E-state index is 0.219. The molecule has 1 aromatic carbocycles. The minimum Gasteiger partial charge on any atom is -0.383 e. The van der Waals surface area contributed by atoms with E-state index in [4.69, 9.17) is 16.3 Å². The van der Waals surface area contributed by atoms with Crippen LogP contribution in [0.25, 0.3) is 4.91 Å². The summed E-state index contributed by atoms with van der Waals surface area (Å²) in [5.41, 5.74) is 1.14. The average molecular weight is 315 g/mol. The van der Waals surface area contributed by atoms with Crippen molar-refractivity contribution in [3.05, 3.63) is 40.4 Å². The van der Waals surface area contributed by atoms with E-state index in [0.29, 0.717) is 35.1 Å². The van der Waals surface area contributed by atoms with Crippen LogP contribution in [-0.2, 0) is 14.8 Å². The summed E-state index contributed by atoms with van der Waals surface area (Å²) in [5, 5.41) is 0.489. The van der Waals surface area contributed by atoms with Gasteiger partial charge in [-0.25, -0.2) is 8.42 Å². The fourth-order valence-electron chi connectivity index (χ4n) is 1.96. The van der Waals surface area contributed by atoms with Crippen LogP contribution in [0.15, 0.2) is 34.8 Å². The second kappa shape index (κ2) is 5.95. The number of ether oxygens (including phenoxy) is 1. The monoisotopic (exact) mass is 314 g/mol. The number of rotatable bonds is 4. The topological polar surface area (TPSA) is 67.8 Å². The predicted octanol–water partition coefficient (Wildman–Crippen LogP) is 2.05. The summed E-state index contributed by atoms with van der Waals surface area (Å²) in [4.78, 5) is 4.42. The lowest BCUT2D eigenvalue weighted by atomic mass is 10.1. The first-order chi connectivity index (χ1) is 9.45. The quantitative estimate of drug-likeness (QED) is 0.865. The van der Waals surface area contributed by atoms with Gasteiger partial charge >= 0.3 is 0 Å². The van der Waals surface area contributed by atoms with Crippen LogP contribution in [0.3, 0.4) is 0 Å². The second-order valence-electron chi connectivity index (χ2n) is 4.29. The van der Waals surface area contributed by atoms with Crippen molar-refractivity contribution < 1.29 is 13.2 Å². The van der Waals surface area contributed by atoms with Gasteiger partial charge in [0.1, 0.15) is 10.7 Å². The Labute approximate surface area is 123 Å². The van der Waals surface area contributed by atoms with Crippen LogP contribution in [0.5, 0.6) is 0 Å². The van der Waals surface area contributed by atoms with Crippen LogP contribution in [0.1, 0.15) is 12.5 Å². The molecule has 5 nitrogen and oxygen atoms in total. The van der Waals surface area contributed by atoms with Gasteiger partial charge in [-0.05, 0) is 24.6 Å². The van der Waals surface area contributed by atoms with E-state index in [1.807, 2.05) is 0 Å². The van der Waals surface area contributed by atoms with E-state index in [9.17, 15) is 8.42 Å². The summed E-state index contributed by atoms with van der Waals surface area (Å²) < 4.78 is 31.8. The molecule has 7 heteroatoms. The highest BCUT2D eigenvalue weighted by atomic mass is 35.5. The summed E-state index contributed by atoms with van der Waals surface area (Å²) in [7, 11) is -2.02. The first kappa shape index (κ1) is 15.0. The molecule has 0 atom stereocenters. The Balaban J connectivity index is 2.46. The van der Waals surface area contributed by atoms with Crippen LogP contribution in [0.2, 0.25) is 5.02 Å². The molecular formula is C13H15ClN2O3S. The number of nitrogens with one attached hydrogen (secondary N) is 1. The highest BCUT2D eigenvalue weighted by Gasteiger charge is 2.32. The number of amidine groups is 1. The van der Waals surface area contributed by atoms with Crippen molar-refractivity contribution >= 4 is 32.4 Å². The number of methoxy groups -OCH3 is 1. The molecule has 0 saturated heterocycles. The first-order valence-electron chi connectivity index (χ1n) is 5.99. The standard InChI is InChI=1S/C13H15ClN2O3S/c1-9-12(10-4-3-5-11(14)8-10)20(17,18)16-13(9)15-6-7-19-2/h3-5,8H,6-7H2,1-2H3,(H,15,16). The van der Waals surface area contributed by atoms with Gasteiger partial charge in [0, 0.05) is 17.7 Å². The van der Waals surface area contributed by atoms with Crippen molar-refractivity contribution in [1.29, 1.82) is 0 Å². The summed E-state index contributed by atoms with van der Waals surface area (Å²) in [5.74, 6) is 0.358. The van der Waals surface area contributed by atoms with E-state index in [1.165, 1.54) is 0 Å². The van der Waals surface area contributed by atoms with E-state index < -0.39 is 10.0 Å². The van der Waals surface area contributed by atoms with Gasteiger partial charge in [-0.3, -0.25) is 9.71 Å². The van der Waals surface area contributed by atoms with Crippen molar-refractivity contribution in [1.82, 2.24) is 4.72 Å². The van der Waals surface area contributed by atoms with Crippen LogP contribution < -0.4 is 4.72 Å². The fraction of sp³-hybridized carbons (Fsp3) is 0.308. The molecule has 0 bridgehead atoms. The number of nitrogens with zero attached hydrogens (tertiary/aromatic N) is 1. The molecule has 20 heavy (non-hydrogen) atoms. The van der Waals surface area contributed by atoms with E-state index in [1.54, 1.807) is 38.3 Å². The Hall–Kier alpha value is -1.37. The third kappa shape index (κ3) is 3.03. The lowest BCUT2D eigenvalue weighted by Crippen LogP contribution is -2.24. The molecule has 0 aliphatic carbocycles. The second-order valence-corrected chi connectivity index (χ2v) is 6.35. The van der Waals surface area contributed by atoms with Gasteiger partial charge in [-0.15, -0.1) is 0 Å². The zero-order valence-electron chi connectivity index (χ0n) is 11.2. The van der Waals surface area contributed by atoms with E-state index in [0.717, 1.165) is 0 Å². The van der Waals surface area contributed by atoms with Crippen molar-refractivity contribution in [2.75, 3.05) is 20.3 Å². The van der Waals surface area contributed by atoms with Crippen molar-refractivity contribution in [3.63, 3.8) is 0 Å². The van der Waals surface area contributed by atoms with Crippen molar-refractivity contribution in [2.45, 2.75) is 6.92 Å². The lowest BCUT2D eigenvalue weighted by Gasteiger charge is -2.03. The largest absolute Gasteiger partial charge is 0.383 e. The Morgan fingerprint density at radius 3 is 2.80 bits per heavy atom. The molecule has 1 N–H and O–H groups in total. The lowest BCUT2D eigenvalue weighted by molar-refractivity contribution is 0.208. The Morgan fingerprint density at radius 1 is 1.40 bits per heavy atom. The summed E-state index contributed by atoms with van der Waals surface area (Å²) in [6.07, 6.45) is 0. The van der Waals surface area contributed by atoms with Gasteiger partial charge in [-0.1, -0.05) is 23.7 Å². The zero-order valence-corrected chi connectivity index (χ0v) is 12.8. The predicted molar refractivity (Wildman–Crippen MR) is 80.3 cm³/mol. The zero-order chi connectivity index (χ0) is 14.8. The first-order valence-corrected chi connectivity index (χ1v) is 7.85. The molecule has 0 radical (unpaired) electrons. The SMILES string of the molecule is COCCN=C1NS(=O)(=O)C(c2cccc(Cl)c2)=C1C. The molecule has 0 fully saturated rings. The van der Waals surface area contributed by atoms with Gasteiger partial charge in [0.25, 0.3) is 10.0 Å². The Kier molecular flexibility index (Phi) is 4.47. The molecule has 0 unspecified atom stereocenters. The highest BCUT2D eigenvalue weighted by Crippen LogP contribution is 2.30. The summed E-state index contributed by atoms with van der Waals surface area (Å²) in [6.45, 7) is 2.55. The number of halogens is 1. The molecule has 0 amide bonds. The van der Waals surface area contributed by atoms with Gasteiger partial charge < -0.3 is 4.74 Å². The Bertz CT molecular complexity index is 681. The molecule has 1 aliphatic rings. The van der Waals surface area contributed by atoms with E-state index >= 15 is 0 Å². The van der Waals surface area contributed by atoms with Crippen LogP contribution in [-0.4, -0.2) is 34.5 Å². The maximum Gasteiger partial charge on any atom is 0.264 e. The maximum absolute atomic E-state index is 12.2. The number of hydrogen-bond donors (Lipinski definition) is 1. The number of hydrogen-bond acceptors (Lipinski definition) is 4. The molecule has 0 saturated carbocycles. The maximum atomic E-state index is 12.2. The molecule has 1 heterocycles. The molecule has 2 rings (SSSR count). The number of benzene rings is 1. The van der Waals surface area contributed by atoms with Crippen LogP contribution in [0, 0.1) is 0 Å². The molecule has 1 aliphatic heterocycles. The average Bonchev–Trinajstić information content (AvgIpc) is 2.59. The summed E-state index contributed by atoms with van der Waals surface area (Å²) >= 11 is 5.92. The Morgan fingerprint density at radius 2 is 2.15 bits per heavy atom. The van der Waals surface area contributed by atoms with Gasteiger partial charge in [0.05, 0.1) is 13.2 Å². The fourth-order valence-corrected chi connectivity index (χ4v) is 3.67. The molecular weight excluding hydrogens is 300 g/mol. The van der Waals surface area contributed by atoms with Crippen molar-refractivity contribution in [2.24, 2.45) is 4.99 Å². The van der Waals surface area contributed by atoms with Gasteiger partial charge in [0.15, 0.2) is 0 Å². The van der Waals surface area contributed by atoms with Gasteiger partial charge in [0.2, 0.25) is 0 Å². The third-order valence-corrected chi connectivity index (χ3v) is 4.62. The molecule has 108 valence electrons.